The Morgan fingerprint density at radius 1 is 1.18 bits per heavy atom. The predicted molar refractivity (Wildman–Crippen MR) is 105 cm³/mol. The number of likely N-dealkylation sites (N-methyl/N-ethyl adjacent to an activating group) is 1. The lowest BCUT2D eigenvalue weighted by Gasteiger charge is -2.24. The first kappa shape index (κ1) is 18.6. The van der Waals surface area contributed by atoms with Crippen LogP contribution in [-0.2, 0) is 4.79 Å². The zero-order chi connectivity index (χ0) is 19.7. The van der Waals surface area contributed by atoms with Crippen LogP contribution in [-0.4, -0.2) is 64.4 Å². The summed E-state index contributed by atoms with van der Waals surface area (Å²) in [5.74, 6) is -0.295. The van der Waals surface area contributed by atoms with Crippen LogP contribution in [0.2, 0.25) is 0 Å². The van der Waals surface area contributed by atoms with Gasteiger partial charge in [0.1, 0.15) is 6.04 Å². The molecule has 0 aliphatic carbocycles. The smallest absolute Gasteiger partial charge is 0.276 e. The first-order valence-electron chi connectivity index (χ1n) is 9.84. The molecule has 8 nitrogen and oxygen atoms in total. The van der Waals surface area contributed by atoms with Gasteiger partial charge in [0.15, 0.2) is 5.69 Å². The van der Waals surface area contributed by atoms with Crippen LogP contribution in [0.5, 0.6) is 0 Å². The Labute approximate surface area is 164 Å². The number of piperidine rings is 1. The topological polar surface area (TPSA) is 83.4 Å². The van der Waals surface area contributed by atoms with Crippen LogP contribution >= 0.6 is 0 Å². The van der Waals surface area contributed by atoms with Crippen molar-refractivity contribution in [2.24, 2.45) is 0 Å². The summed E-state index contributed by atoms with van der Waals surface area (Å²) in [6, 6.07) is 9.36. The molecule has 0 spiro atoms. The summed E-state index contributed by atoms with van der Waals surface area (Å²) in [6.45, 7) is 4.37. The van der Waals surface area contributed by atoms with Crippen molar-refractivity contribution in [1.29, 1.82) is 0 Å². The lowest BCUT2D eigenvalue weighted by atomic mass is 10.1. The van der Waals surface area contributed by atoms with Gasteiger partial charge < -0.3 is 15.1 Å². The van der Waals surface area contributed by atoms with Crippen molar-refractivity contribution in [3.05, 3.63) is 41.7 Å². The van der Waals surface area contributed by atoms with Crippen LogP contribution in [0, 0.1) is 6.92 Å². The minimum Gasteiger partial charge on any atom is -0.328 e. The monoisotopic (exact) mass is 382 g/mol. The number of amides is 2. The second kappa shape index (κ2) is 7.71. The van der Waals surface area contributed by atoms with Gasteiger partial charge in [-0.25, -0.2) is 4.68 Å². The highest BCUT2D eigenvalue weighted by Gasteiger charge is 2.38. The molecule has 2 fully saturated rings. The van der Waals surface area contributed by atoms with Gasteiger partial charge in [-0.05, 0) is 51.4 Å². The molecule has 2 amide bonds. The standard InChI is InChI=1S/C20H26N6O2/c1-14-18(22-23-26(14)16-8-11-21-12-9-16)20(28)24(2)17-10-13-25(19(17)27)15-6-4-3-5-7-15/h3-7,16-17,21H,8-13H2,1-2H3. The number of benzene rings is 1. The summed E-state index contributed by atoms with van der Waals surface area (Å²) in [4.78, 5) is 29.2. The summed E-state index contributed by atoms with van der Waals surface area (Å²) in [5.41, 5.74) is 1.98. The number of hydrogen-bond donors (Lipinski definition) is 1. The van der Waals surface area contributed by atoms with Gasteiger partial charge in [-0.3, -0.25) is 9.59 Å². The van der Waals surface area contributed by atoms with Crippen LogP contribution in [0.25, 0.3) is 0 Å². The van der Waals surface area contributed by atoms with Crippen molar-refractivity contribution in [3.8, 4) is 0 Å². The van der Waals surface area contributed by atoms with Gasteiger partial charge in [0.05, 0.1) is 11.7 Å². The Kier molecular flexibility index (Phi) is 5.13. The fourth-order valence-corrected chi connectivity index (χ4v) is 4.13. The number of para-hydroxylation sites is 1. The van der Waals surface area contributed by atoms with E-state index in [2.05, 4.69) is 15.6 Å². The molecule has 1 atom stereocenters. The molecule has 0 radical (unpaired) electrons. The average molecular weight is 382 g/mol. The Bertz CT molecular complexity index is 859. The van der Waals surface area contributed by atoms with Gasteiger partial charge in [-0.15, -0.1) is 5.10 Å². The minimum absolute atomic E-state index is 0.0505. The minimum atomic E-state index is -0.476. The van der Waals surface area contributed by atoms with E-state index in [-0.39, 0.29) is 17.9 Å². The number of carbonyl (C=O) groups excluding carboxylic acids is 2. The summed E-state index contributed by atoms with van der Waals surface area (Å²) in [6.07, 6.45) is 2.55. The van der Waals surface area contributed by atoms with E-state index < -0.39 is 6.04 Å². The van der Waals surface area contributed by atoms with Crippen LogP contribution in [0.1, 0.15) is 41.5 Å². The van der Waals surface area contributed by atoms with E-state index in [1.165, 1.54) is 4.90 Å². The molecular formula is C20H26N6O2. The molecular weight excluding hydrogens is 356 g/mol. The largest absolute Gasteiger partial charge is 0.328 e. The van der Waals surface area contributed by atoms with Crippen molar-refractivity contribution in [3.63, 3.8) is 0 Å². The Hall–Kier alpha value is -2.74. The molecule has 2 aromatic rings. The number of nitrogens with one attached hydrogen (secondary N) is 1. The molecule has 2 aliphatic rings. The van der Waals surface area contributed by atoms with Crippen LogP contribution in [0.4, 0.5) is 5.69 Å². The van der Waals surface area contributed by atoms with Gasteiger partial charge in [0, 0.05) is 19.3 Å². The van der Waals surface area contributed by atoms with E-state index in [1.807, 2.05) is 41.9 Å². The zero-order valence-corrected chi connectivity index (χ0v) is 16.3. The van der Waals surface area contributed by atoms with Crippen LogP contribution in [0.15, 0.2) is 30.3 Å². The highest BCUT2D eigenvalue weighted by molar-refractivity contribution is 6.03. The third kappa shape index (κ3) is 3.28. The molecule has 0 bridgehead atoms. The van der Waals surface area contributed by atoms with Gasteiger partial charge >= 0.3 is 0 Å². The molecule has 2 aliphatic heterocycles. The highest BCUT2D eigenvalue weighted by Crippen LogP contribution is 2.25. The number of aromatic nitrogens is 3. The summed E-state index contributed by atoms with van der Waals surface area (Å²) < 4.78 is 1.87. The number of hydrogen-bond acceptors (Lipinski definition) is 5. The van der Waals surface area contributed by atoms with E-state index >= 15 is 0 Å². The van der Waals surface area contributed by atoms with Crippen molar-refractivity contribution in [1.82, 2.24) is 25.2 Å². The molecule has 8 heteroatoms. The number of rotatable bonds is 4. The van der Waals surface area contributed by atoms with Crippen LogP contribution in [0.3, 0.4) is 0 Å². The number of nitrogens with zero attached hydrogens (tertiary/aromatic N) is 5. The van der Waals surface area contributed by atoms with E-state index in [1.54, 1.807) is 11.9 Å². The molecule has 4 rings (SSSR count). The van der Waals surface area contributed by atoms with Gasteiger partial charge in [-0.2, -0.15) is 0 Å². The van der Waals surface area contributed by atoms with Gasteiger partial charge in [0.2, 0.25) is 5.91 Å². The number of anilines is 1. The lowest BCUT2D eigenvalue weighted by molar-refractivity contribution is -0.120. The third-order valence-electron chi connectivity index (χ3n) is 5.82. The van der Waals surface area contributed by atoms with Crippen LogP contribution < -0.4 is 10.2 Å². The summed E-state index contributed by atoms with van der Waals surface area (Å²) in [7, 11) is 1.68. The van der Waals surface area contributed by atoms with Crippen molar-refractivity contribution in [2.75, 3.05) is 31.6 Å². The van der Waals surface area contributed by atoms with Crippen molar-refractivity contribution in [2.45, 2.75) is 38.3 Å². The zero-order valence-electron chi connectivity index (χ0n) is 16.3. The highest BCUT2D eigenvalue weighted by atomic mass is 16.2. The Balaban J connectivity index is 1.49. The molecule has 2 saturated heterocycles. The molecule has 0 saturated carbocycles. The van der Waals surface area contributed by atoms with E-state index in [9.17, 15) is 9.59 Å². The molecule has 1 aromatic carbocycles. The first-order valence-corrected chi connectivity index (χ1v) is 9.84. The van der Waals surface area contributed by atoms with E-state index in [0.717, 1.165) is 37.3 Å². The normalized spacial score (nSPS) is 20.6. The fraction of sp³-hybridized carbons (Fsp3) is 0.500. The number of carbonyl (C=O) groups is 2. The maximum atomic E-state index is 13.1. The maximum absolute atomic E-state index is 13.1. The van der Waals surface area contributed by atoms with Gasteiger partial charge in [0.25, 0.3) is 5.91 Å². The molecule has 1 N–H and O–H groups in total. The molecule has 28 heavy (non-hydrogen) atoms. The average Bonchev–Trinajstić information content (AvgIpc) is 3.31. The Morgan fingerprint density at radius 2 is 1.89 bits per heavy atom. The molecule has 1 aromatic heterocycles. The lowest BCUT2D eigenvalue weighted by Crippen LogP contribution is -2.43. The molecule has 148 valence electrons. The van der Waals surface area contributed by atoms with Gasteiger partial charge in [-0.1, -0.05) is 23.4 Å². The SMILES string of the molecule is Cc1c(C(=O)N(C)C2CCN(c3ccccc3)C2=O)nnn1C1CCNCC1. The van der Waals surface area contributed by atoms with Crippen molar-refractivity contribution < 1.29 is 9.59 Å². The van der Waals surface area contributed by atoms with E-state index in [0.29, 0.717) is 18.7 Å². The Morgan fingerprint density at radius 3 is 2.61 bits per heavy atom. The molecule has 1 unspecified atom stereocenters. The first-order chi connectivity index (χ1) is 13.6. The second-order valence-corrected chi connectivity index (χ2v) is 7.50. The summed E-state index contributed by atoms with van der Waals surface area (Å²) >= 11 is 0. The fourth-order valence-electron chi connectivity index (χ4n) is 4.13. The summed E-state index contributed by atoms with van der Waals surface area (Å²) in [5, 5.41) is 11.7. The third-order valence-corrected chi connectivity index (χ3v) is 5.82. The quantitative estimate of drug-likeness (QED) is 0.864. The van der Waals surface area contributed by atoms with E-state index in [4.69, 9.17) is 0 Å². The predicted octanol–water partition coefficient (Wildman–Crippen LogP) is 1.39. The second-order valence-electron chi connectivity index (χ2n) is 7.50. The van der Waals surface area contributed by atoms with Crippen molar-refractivity contribution >= 4 is 17.5 Å². The maximum Gasteiger partial charge on any atom is 0.276 e. The molecule has 3 heterocycles.